The first-order valence-corrected chi connectivity index (χ1v) is 6.61. The van der Waals surface area contributed by atoms with E-state index in [2.05, 4.69) is 16.0 Å². The third-order valence-electron chi connectivity index (χ3n) is 2.65. The van der Waals surface area contributed by atoms with Crippen molar-refractivity contribution in [2.24, 2.45) is 0 Å². The monoisotopic (exact) mass is 289 g/mol. The molecular formula is C14H31N3O3. The van der Waals surface area contributed by atoms with Crippen molar-refractivity contribution in [3.8, 4) is 0 Å². The van der Waals surface area contributed by atoms with Crippen LogP contribution in [0.1, 0.15) is 40.5 Å². The van der Waals surface area contributed by atoms with E-state index in [4.69, 9.17) is 4.74 Å². The Morgan fingerprint density at radius 1 is 0.750 bits per heavy atom. The molecule has 3 saturated heterocycles. The first-order valence-electron chi connectivity index (χ1n) is 6.61. The molecule has 0 aromatic heterocycles. The molecule has 3 heterocycles. The van der Waals surface area contributed by atoms with E-state index in [1.807, 2.05) is 0 Å². The molecule has 3 fully saturated rings. The molecular weight excluding hydrogens is 258 g/mol. The minimum Gasteiger partial charge on any atom is -0.379 e. The molecule has 0 aromatic carbocycles. The molecule has 6 nitrogen and oxygen atoms in total. The summed E-state index contributed by atoms with van der Waals surface area (Å²) >= 11 is 0. The van der Waals surface area contributed by atoms with Gasteiger partial charge < -0.3 is 20.7 Å². The molecule has 2 amide bonds. The lowest BCUT2D eigenvalue weighted by atomic mass is 10.4. The van der Waals surface area contributed by atoms with E-state index in [9.17, 15) is 9.59 Å². The maximum absolute atomic E-state index is 10.1. The number of rotatable bonds is 0. The van der Waals surface area contributed by atoms with Crippen molar-refractivity contribution >= 4 is 11.8 Å². The average Bonchev–Trinajstić information content (AvgIpc) is 3.07. The number of carbonyl (C=O) groups excluding carboxylic acids is 2. The fraction of sp³-hybridized carbons (Fsp3) is 0.857. The molecule has 0 aromatic rings. The van der Waals surface area contributed by atoms with Crippen molar-refractivity contribution < 1.29 is 14.3 Å². The SMILES string of the molecule is C.C.C1COCCN1.O=C1CCCN1.O=C1CCCN1. The molecule has 6 heteroatoms. The molecule has 3 N–H and O–H groups in total. The zero-order valence-corrected chi connectivity index (χ0v) is 10.8. The standard InChI is InChI=1S/C4H9NO.2C4H7NO.2CH4/c1-3-6-4-2-5-1;2*6-4-2-1-3-5-4;;/h5H,1-4H2;2*1-3H2,(H,5,6);2*1H4. The fourth-order valence-electron chi connectivity index (χ4n) is 1.65. The summed E-state index contributed by atoms with van der Waals surface area (Å²) in [5.41, 5.74) is 0. The van der Waals surface area contributed by atoms with Crippen LogP contribution >= 0.6 is 0 Å². The predicted octanol–water partition coefficient (Wildman–Crippen LogP) is 0.671. The summed E-state index contributed by atoms with van der Waals surface area (Å²) in [6.45, 7) is 5.61. The number of morpholine rings is 1. The second kappa shape index (κ2) is 14.3. The molecule has 120 valence electrons. The Hall–Kier alpha value is -1.14. The Bertz CT molecular complexity index is 209. The van der Waals surface area contributed by atoms with Gasteiger partial charge in [-0.2, -0.15) is 0 Å². The molecule has 3 rings (SSSR count). The van der Waals surface area contributed by atoms with Crippen LogP contribution in [-0.2, 0) is 14.3 Å². The third-order valence-corrected chi connectivity index (χ3v) is 2.65. The second-order valence-electron chi connectivity index (χ2n) is 4.27. The quantitative estimate of drug-likeness (QED) is 0.612. The Balaban J connectivity index is 0. The van der Waals surface area contributed by atoms with Gasteiger partial charge in [0.1, 0.15) is 0 Å². The van der Waals surface area contributed by atoms with E-state index < -0.39 is 0 Å². The minimum absolute atomic E-state index is 0. The summed E-state index contributed by atoms with van der Waals surface area (Å²) in [5.74, 6) is 0.407. The van der Waals surface area contributed by atoms with Gasteiger partial charge in [0.05, 0.1) is 13.2 Å². The molecule has 20 heavy (non-hydrogen) atoms. The maximum atomic E-state index is 10.1. The van der Waals surface area contributed by atoms with E-state index in [1.165, 1.54) is 0 Å². The van der Waals surface area contributed by atoms with E-state index in [-0.39, 0.29) is 26.7 Å². The van der Waals surface area contributed by atoms with Crippen molar-refractivity contribution in [2.75, 3.05) is 39.4 Å². The summed E-state index contributed by atoms with van der Waals surface area (Å²) in [4.78, 5) is 20.3. The molecule has 3 aliphatic rings. The van der Waals surface area contributed by atoms with Crippen molar-refractivity contribution in [1.29, 1.82) is 0 Å². The number of nitrogens with one attached hydrogen (secondary N) is 3. The molecule has 0 saturated carbocycles. The van der Waals surface area contributed by atoms with Crippen LogP contribution in [-0.4, -0.2) is 51.2 Å². The Morgan fingerprint density at radius 2 is 1.20 bits per heavy atom. The Morgan fingerprint density at radius 3 is 1.30 bits per heavy atom. The Kier molecular flexibility index (Phi) is 15.1. The molecule has 0 unspecified atom stereocenters. The highest BCUT2D eigenvalue weighted by Crippen LogP contribution is 1.93. The number of hydrogen-bond acceptors (Lipinski definition) is 4. The van der Waals surface area contributed by atoms with Crippen LogP contribution in [0.15, 0.2) is 0 Å². The van der Waals surface area contributed by atoms with Crippen molar-refractivity contribution in [3.05, 3.63) is 0 Å². The highest BCUT2D eigenvalue weighted by atomic mass is 16.5. The molecule has 0 spiro atoms. The van der Waals surface area contributed by atoms with Gasteiger partial charge in [0.2, 0.25) is 11.8 Å². The van der Waals surface area contributed by atoms with Crippen LogP contribution in [0, 0.1) is 0 Å². The van der Waals surface area contributed by atoms with E-state index in [0.29, 0.717) is 0 Å². The van der Waals surface area contributed by atoms with Crippen LogP contribution in [0.5, 0.6) is 0 Å². The van der Waals surface area contributed by atoms with E-state index >= 15 is 0 Å². The largest absolute Gasteiger partial charge is 0.379 e. The summed E-state index contributed by atoms with van der Waals surface area (Å²) < 4.78 is 5.01. The summed E-state index contributed by atoms with van der Waals surface area (Å²) in [5, 5.41) is 8.52. The molecule has 0 radical (unpaired) electrons. The zero-order chi connectivity index (χ0) is 13.1. The lowest BCUT2D eigenvalue weighted by Crippen LogP contribution is -2.30. The number of ether oxygens (including phenoxy) is 1. The smallest absolute Gasteiger partial charge is 0.220 e. The normalized spacial score (nSPS) is 19.8. The average molecular weight is 289 g/mol. The zero-order valence-electron chi connectivity index (χ0n) is 10.8. The van der Waals surface area contributed by atoms with Crippen molar-refractivity contribution in [1.82, 2.24) is 16.0 Å². The van der Waals surface area contributed by atoms with Gasteiger partial charge in [0, 0.05) is 39.0 Å². The predicted molar refractivity (Wildman–Crippen MR) is 81.6 cm³/mol. The summed E-state index contributed by atoms with van der Waals surface area (Å²) in [7, 11) is 0. The highest BCUT2D eigenvalue weighted by Gasteiger charge is 2.06. The van der Waals surface area contributed by atoms with Gasteiger partial charge in [-0.25, -0.2) is 0 Å². The fourth-order valence-corrected chi connectivity index (χ4v) is 1.65. The van der Waals surface area contributed by atoms with Gasteiger partial charge in [-0.3, -0.25) is 9.59 Å². The van der Waals surface area contributed by atoms with Gasteiger partial charge in [-0.1, -0.05) is 14.9 Å². The van der Waals surface area contributed by atoms with Gasteiger partial charge >= 0.3 is 0 Å². The lowest BCUT2D eigenvalue weighted by molar-refractivity contribution is -0.119. The Labute approximate surface area is 123 Å². The third kappa shape index (κ3) is 11.9. The number of hydrogen-bond donors (Lipinski definition) is 3. The minimum atomic E-state index is 0. The van der Waals surface area contributed by atoms with Crippen molar-refractivity contribution in [3.63, 3.8) is 0 Å². The highest BCUT2D eigenvalue weighted by molar-refractivity contribution is 5.77. The topological polar surface area (TPSA) is 79.5 Å². The van der Waals surface area contributed by atoms with Crippen molar-refractivity contribution in [2.45, 2.75) is 40.5 Å². The lowest BCUT2D eigenvalue weighted by Gasteiger charge is -2.10. The summed E-state index contributed by atoms with van der Waals surface area (Å²) in [6, 6.07) is 0. The molecule has 0 bridgehead atoms. The van der Waals surface area contributed by atoms with Gasteiger partial charge in [-0.15, -0.1) is 0 Å². The number of carbonyl (C=O) groups is 2. The maximum Gasteiger partial charge on any atom is 0.220 e. The molecule has 3 aliphatic heterocycles. The van der Waals surface area contributed by atoms with Gasteiger partial charge in [-0.05, 0) is 12.8 Å². The van der Waals surface area contributed by atoms with Crippen LogP contribution in [0.25, 0.3) is 0 Å². The molecule has 0 aliphatic carbocycles. The van der Waals surface area contributed by atoms with Crippen LogP contribution in [0.3, 0.4) is 0 Å². The van der Waals surface area contributed by atoms with Crippen LogP contribution in [0.4, 0.5) is 0 Å². The summed E-state index contributed by atoms with van der Waals surface area (Å²) in [6.07, 6.45) is 3.53. The molecule has 0 atom stereocenters. The van der Waals surface area contributed by atoms with Crippen LogP contribution < -0.4 is 16.0 Å². The van der Waals surface area contributed by atoms with E-state index in [0.717, 1.165) is 65.1 Å². The van der Waals surface area contributed by atoms with Crippen LogP contribution in [0.2, 0.25) is 0 Å². The first-order chi connectivity index (χ1) is 8.79. The van der Waals surface area contributed by atoms with Gasteiger partial charge in [0.25, 0.3) is 0 Å². The number of amides is 2. The first kappa shape index (κ1) is 21.2. The van der Waals surface area contributed by atoms with Gasteiger partial charge in [0.15, 0.2) is 0 Å². The second-order valence-corrected chi connectivity index (χ2v) is 4.27. The van der Waals surface area contributed by atoms with E-state index in [1.54, 1.807) is 0 Å².